The van der Waals surface area contributed by atoms with Crippen LogP contribution in [0.25, 0.3) is 0 Å². The maximum atomic E-state index is 12.4. The van der Waals surface area contributed by atoms with Crippen LogP contribution in [0, 0.1) is 0 Å². The number of hydrogen-bond donors (Lipinski definition) is 0. The van der Waals surface area contributed by atoms with Gasteiger partial charge in [-0.1, -0.05) is 12.1 Å². The van der Waals surface area contributed by atoms with E-state index in [9.17, 15) is 4.79 Å². The average molecular weight is 275 g/mol. The molecule has 3 rings (SSSR count). The van der Waals surface area contributed by atoms with Crippen LogP contribution in [0.1, 0.15) is 10.4 Å². The van der Waals surface area contributed by atoms with E-state index in [1.54, 1.807) is 19.3 Å². The Balaban J connectivity index is 2.31. The maximum Gasteiger partial charge on any atom is 0.260 e. The van der Waals surface area contributed by atoms with Crippen LogP contribution in [-0.2, 0) is 0 Å². The molecule has 0 saturated carbocycles. The molecule has 1 aliphatic rings. The second-order valence-electron chi connectivity index (χ2n) is 4.29. The Kier molecular flexibility index (Phi) is 2.64. The Bertz CT molecular complexity index is 673. The van der Waals surface area contributed by atoms with Gasteiger partial charge in [0.15, 0.2) is 5.82 Å². The van der Waals surface area contributed by atoms with Crippen molar-refractivity contribution in [3.8, 4) is 0 Å². The van der Waals surface area contributed by atoms with Gasteiger partial charge < -0.3 is 9.80 Å². The number of halogens is 1. The van der Waals surface area contributed by atoms with Gasteiger partial charge in [0.05, 0.1) is 17.4 Å². The normalized spacial score (nSPS) is 13.9. The zero-order chi connectivity index (χ0) is 13.6. The van der Waals surface area contributed by atoms with Crippen molar-refractivity contribution in [3.63, 3.8) is 0 Å². The Labute approximate surface area is 115 Å². The highest BCUT2D eigenvalue weighted by atomic mass is 35.5. The molecular weight excluding hydrogens is 264 g/mol. The molecule has 0 bridgehead atoms. The number of carbonyl (C=O) groups excluding carboxylic acids is 1. The summed E-state index contributed by atoms with van der Waals surface area (Å²) in [6.45, 7) is 0. The van der Waals surface area contributed by atoms with E-state index in [1.165, 1.54) is 4.90 Å². The molecule has 1 aliphatic heterocycles. The Hall–Kier alpha value is -2.14. The van der Waals surface area contributed by atoms with E-state index in [4.69, 9.17) is 11.6 Å². The zero-order valence-electron chi connectivity index (χ0n) is 10.5. The first-order chi connectivity index (χ1) is 9.09. The van der Waals surface area contributed by atoms with Crippen LogP contribution in [0.3, 0.4) is 0 Å². The number of nitrogens with zero attached hydrogens (tertiary/aromatic N) is 4. The van der Waals surface area contributed by atoms with E-state index >= 15 is 0 Å². The first-order valence-corrected chi connectivity index (χ1v) is 6.10. The molecule has 1 amide bonds. The molecule has 0 aliphatic carbocycles. The third-order valence-electron chi connectivity index (χ3n) is 3.20. The summed E-state index contributed by atoms with van der Waals surface area (Å²) in [4.78, 5) is 24.0. The molecule has 96 valence electrons. The number of hydrogen-bond acceptors (Lipinski definition) is 4. The van der Waals surface area contributed by atoms with Gasteiger partial charge in [-0.3, -0.25) is 4.79 Å². The smallest absolute Gasteiger partial charge is 0.260 e. The third kappa shape index (κ3) is 1.74. The fraction of sp³-hybridized carbons (Fsp3) is 0.154. The van der Waals surface area contributed by atoms with Crippen LogP contribution in [0.4, 0.5) is 17.2 Å². The van der Waals surface area contributed by atoms with Gasteiger partial charge in [-0.2, -0.15) is 4.98 Å². The van der Waals surface area contributed by atoms with Crippen molar-refractivity contribution in [2.24, 2.45) is 0 Å². The number of para-hydroxylation sites is 1. The molecule has 5 nitrogen and oxygen atoms in total. The molecule has 1 aromatic carbocycles. The fourth-order valence-electron chi connectivity index (χ4n) is 2.18. The molecule has 0 N–H and O–H groups in total. The van der Waals surface area contributed by atoms with Crippen molar-refractivity contribution < 1.29 is 4.79 Å². The minimum Gasteiger partial charge on any atom is -0.327 e. The quantitative estimate of drug-likeness (QED) is 0.693. The van der Waals surface area contributed by atoms with Crippen LogP contribution in [0.2, 0.25) is 5.28 Å². The number of rotatable bonds is 0. The van der Waals surface area contributed by atoms with Crippen molar-refractivity contribution in [2.45, 2.75) is 0 Å². The highest BCUT2D eigenvalue weighted by molar-refractivity contribution is 6.28. The molecule has 2 aromatic rings. The minimum absolute atomic E-state index is 0.0906. The van der Waals surface area contributed by atoms with Gasteiger partial charge >= 0.3 is 0 Å². The van der Waals surface area contributed by atoms with E-state index in [1.807, 2.05) is 30.1 Å². The van der Waals surface area contributed by atoms with Gasteiger partial charge in [0.2, 0.25) is 5.28 Å². The lowest BCUT2D eigenvalue weighted by Crippen LogP contribution is -2.25. The molecule has 0 saturated heterocycles. The molecule has 1 aromatic heterocycles. The van der Waals surface area contributed by atoms with Crippen LogP contribution in [0.15, 0.2) is 30.5 Å². The highest BCUT2D eigenvalue weighted by Gasteiger charge is 2.28. The first-order valence-electron chi connectivity index (χ1n) is 5.73. The van der Waals surface area contributed by atoms with Crippen LogP contribution < -0.4 is 9.80 Å². The molecule has 0 atom stereocenters. The lowest BCUT2D eigenvalue weighted by molar-refractivity contribution is 0.0994. The third-order valence-corrected chi connectivity index (χ3v) is 3.38. The SMILES string of the molecule is CN1C(=O)c2ccccc2N(C)c2nc(Cl)ncc21. The van der Waals surface area contributed by atoms with E-state index < -0.39 is 0 Å². The number of fused-ring (bicyclic) bond motifs is 2. The summed E-state index contributed by atoms with van der Waals surface area (Å²) >= 11 is 5.85. The summed E-state index contributed by atoms with van der Waals surface area (Å²) in [6.07, 6.45) is 1.56. The van der Waals surface area contributed by atoms with Crippen molar-refractivity contribution in [1.82, 2.24) is 9.97 Å². The summed E-state index contributed by atoms with van der Waals surface area (Å²) < 4.78 is 0. The van der Waals surface area contributed by atoms with Crippen molar-refractivity contribution in [1.29, 1.82) is 0 Å². The Morgan fingerprint density at radius 3 is 2.63 bits per heavy atom. The number of benzene rings is 1. The summed E-state index contributed by atoms with van der Waals surface area (Å²) in [6, 6.07) is 7.40. The molecule has 0 unspecified atom stereocenters. The van der Waals surface area contributed by atoms with Gasteiger partial charge in [-0.25, -0.2) is 4.98 Å². The maximum absolute atomic E-state index is 12.4. The van der Waals surface area contributed by atoms with E-state index in [2.05, 4.69) is 9.97 Å². The van der Waals surface area contributed by atoms with Gasteiger partial charge in [-0.05, 0) is 23.7 Å². The van der Waals surface area contributed by atoms with Gasteiger partial charge in [0.1, 0.15) is 5.69 Å². The molecule has 0 radical (unpaired) electrons. The predicted octanol–water partition coefficient (Wildman–Crippen LogP) is 2.49. The fourth-order valence-corrected chi connectivity index (χ4v) is 2.31. The number of aromatic nitrogens is 2. The first kappa shape index (κ1) is 11.9. The minimum atomic E-state index is -0.0906. The summed E-state index contributed by atoms with van der Waals surface area (Å²) in [7, 11) is 3.56. The topological polar surface area (TPSA) is 49.3 Å². The monoisotopic (exact) mass is 274 g/mol. The summed E-state index contributed by atoms with van der Waals surface area (Å²) in [5, 5.41) is 0.158. The predicted molar refractivity (Wildman–Crippen MR) is 74.3 cm³/mol. The van der Waals surface area contributed by atoms with E-state index in [-0.39, 0.29) is 11.2 Å². The second kappa shape index (κ2) is 4.20. The Morgan fingerprint density at radius 1 is 1.11 bits per heavy atom. The average Bonchev–Trinajstić information content (AvgIpc) is 2.51. The number of anilines is 3. The van der Waals surface area contributed by atoms with E-state index in [0.29, 0.717) is 17.1 Å². The highest BCUT2D eigenvalue weighted by Crippen LogP contribution is 2.37. The largest absolute Gasteiger partial charge is 0.327 e. The number of carbonyl (C=O) groups is 1. The van der Waals surface area contributed by atoms with Crippen molar-refractivity contribution in [2.75, 3.05) is 23.9 Å². The molecule has 6 heteroatoms. The molecule has 0 spiro atoms. The lowest BCUT2D eigenvalue weighted by atomic mass is 10.1. The van der Waals surface area contributed by atoms with Crippen molar-refractivity contribution in [3.05, 3.63) is 41.3 Å². The van der Waals surface area contributed by atoms with Gasteiger partial charge in [-0.15, -0.1) is 0 Å². The van der Waals surface area contributed by atoms with Crippen LogP contribution in [-0.4, -0.2) is 30.0 Å². The second-order valence-corrected chi connectivity index (χ2v) is 4.63. The summed E-state index contributed by atoms with van der Waals surface area (Å²) in [5.74, 6) is 0.521. The zero-order valence-corrected chi connectivity index (χ0v) is 11.2. The molecule has 19 heavy (non-hydrogen) atoms. The van der Waals surface area contributed by atoms with Gasteiger partial charge in [0.25, 0.3) is 5.91 Å². The Morgan fingerprint density at radius 2 is 1.84 bits per heavy atom. The van der Waals surface area contributed by atoms with Crippen LogP contribution in [0.5, 0.6) is 0 Å². The summed E-state index contributed by atoms with van der Waals surface area (Å²) in [5.41, 5.74) is 2.06. The number of amides is 1. The van der Waals surface area contributed by atoms with Crippen molar-refractivity contribution >= 4 is 34.7 Å². The van der Waals surface area contributed by atoms with Crippen LogP contribution >= 0.6 is 11.6 Å². The standard InChI is InChI=1S/C13H11ClN4O/c1-17-9-6-4-3-5-8(9)12(19)18(2)10-7-15-13(14)16-11(10)17/h3-7H,1-2H3. The molecule has 0 fully saturated rings. The molecular formula is C13H11ClN4O. The lowest BCUT2D eigenvalue weighted by Gasteiger charge is -2.20. The van der Waals surface area contributed by atoms with Gasteiger partial charge in [0, 0.05) is 14.1 Å². The van der Waals surface area contributed by atoms with E-state index in [0.717, 1.165) is 5.69 Å². The molecule has 2 heterocycles.